The number of nitrogens with zero attached hydrogens (tertiary/aromatic N) is 3. The molecule has 1 aromatic heterocycles. The van der Waals surface area contributed by atoms with E-state index in [1.165, 1.54) is 11.3 Å². The Morgan fingerprint density at radius 2 is 2.16 bits per heavy atom. The molecule has 132 valence electrons. The number of thiazole rings is 1. The zero-order valence-electron chi connectivity index (χ0n) is 13.5. The molecule has 0 spiro atoms. The van der Waals surface area contributed by atoms with Gasteiger partial charge in [0.05, 0.1) is 16.4 Å². The third kappa shape index (κ3) is 4.41. The molecule has 1 saturated heterocycles. The van der Waals surface area contributed by atoms with Crippen LogP contribution in [0, 0.1) is 0 Å². The lowest BCUT2D eigenvalue weighted by Crippen LogP contribution is -2.46. The Kier molecular flexibility index (Phi) is 6.11. The summed E-state index contributed by atoms with van der Waals surface area (Å²) in [7, 11) is 0. The van der Waals surface area contributed by atoms with Gasteiger partial charge in [-0.2, -0.15) is 0 Å². The maximum absolute atomic E-state index is 12.4. The van der Waals surface area contributed by atoms with Crippen molar-refractivity contribution in [3.05, 3.63) is 50.9 Å². The summed E-state index contributed by atoms with van der Waals surface area (Å²) in [6, 6.07) is 5.56. The van der Waals surface area contributed by atoms with Crippen LogP contribution in [0.3, 0.4) is 0 Å². The molecule has 0 saturated carbocycles. The first-order valence-electron chi connectivity index (χ1n) is 7.87. The molecule has 0 atom stereocenters. The highest BCUT2D eigenvalue weighted by Crippen LogP contribution is 2.35. The Hall–Kier alpha value is -1.41. The molecule has 8 heteroatoms. The Bertz CT molecular complexity index is 774. The maximum Gasteiger partial charge on any atom is 0.284 e. The van der Waals surface area contributed by atoms with E-state index in [9.17, 15) is 4.79 Å². The van der Waals surface area contributed by atoms with Crippen molar-refractivity contribution >= 4 is 56.1 Å². The summed E-state index contributed by atoms with van der Waals surface area (Å²) in [5, 5.41) is 5.78. The number of carbonyl (C=O) groups excluding carboxylic acids is 1. The van der Waals surface area contributed by atoms with Crippen LogP contribution in [-0.2, 0) is 0 Å². The largest absolute Gasteiger partial charge is 0.366 e. The first-order chi connectivity index (χ1) is 12.1. The second-order valence-corrected chi connectivity index (χ2v) is 7.72. The van der Waals surface area contributed by atoms with Crippen LogP contribution in [0.1, 0.15) is 9.80 Å². The van der Waals surface area contributed by atoms with Crippen molar-refractivity contribution in [2.75, 3.05) is 42.9 Å². The Morgan fingerprint density at radius 3 is 2.80 bits per heavy atom. The number of nitrogens with one attached hydrogen (secondary N) is 1. The number of halogens is 2. The molecule has 1 aliphatic heterocycles. The van der Waals surface area contributed by atoms with E-state index in [2.05, 4.69) is 42.6 Å². The Balaban J connectivity index is 1.78. The van der Waals surface area contributed by atoms with Gasteiger partial charge in [-0.1, -0.05) is 23.7 Å². The van der Waals surface area contributed by atoms with E-state index >= 15 is 0 Å². The molecule has 1 aromatic carbocycles. The summed E-state index contributed by atoms with van der Waals surface area (Å²) in [5.41, 5.74) is 1.58. The molecule has 0 aliphatic carbocycles. The van der Waals surface area contributed by atoms with Gasteiger partial charge in [0, 0.05) is 38.1 Å². The third-order valence-electron chi connectivity index (χ3n) is 3.98. The van der Waals surface area contributed by atoms with Crippen molar-refractivity contribution in [1.82, 2.24) is 9.88 Å². The highest BCUT2D eigenvalue weighted by molar-refractivity contribution is 9.10. The number of amides is 1. The predicted octanol–water partition coefficient (Wildman–Crippen LogP) is 4.12. The number of rotatable bonds is 5. The van der Waals surface area contributed by atoms with Gasteiger partial charge in [-0.25, -0.2) is 4.98 Å². The fourth-order valence-corrected chi connectivity index (χ4v) is 4.25. The van der Waals surface area contributed by atoms with Gasteiger partial charge >= 0.3 is 0 Å². The predicted molar refractivity (Wildman–Crippen MR) is 108 cm³/mol. The number of aromatic nitrogens is 1. The molecular weight excluding hydrogens is 424 g/mol. The van der Waals surface area contributed by atoms with Gasteiger partial charge < -0.3 is 10.2 Å². The lowest BCUT2D eigenvalue weighted by Gasteiger charge is -2.36. The van der Waals surface area contributed by atoms with Crippen molar-refractivity contribution < 1.29 is 4.79 Å². The van der Waals surface area contributed by atoms with Crippen LogP contribution < -0.4 is 10.2 Å². The smallest absolute Gasteiger partial charge is 0.284 e. The normalized spacial score (nSPS) is 15.2. The average molecular weight is 442 g/mol. The molecule has 1 N–H and O–H groups in total. The summed E-state index contributed by atoms with van der Waals surface area (Å²) in [5.74, 6) is -0.232. The van der Waals surface area contributed by atoms with Gasteiger partial charge in [-0.3, -0.25) is 9.69 Å². The third-order valence-corrected chi connectivity index (χ3v) is 5.84. The van der Waals surface area contributed by atoms with Crippen molar-refractivity contribution in [2.45, 2.75) is 0 Å². The van der Waals surface area contributed by atoms with Crippen LogP contribution in [-0.4, -0.2) is 48.5 Å². The lowest BCUT2D eigenvalue weighted by molar-refractivity contribution is 0.102. The zero-order chi connectivity index (χ0) is 17.8. The fourth-order valence-electron chi connectivity index (χ4n) is 2.81. The summed E-state index contributed by atoms with van der Waals surface area (Å²) >= 11 is 11.0. The van der Waals surface area contributed by atoms with Gasteiger partial charge in [0.25, 0.3) is 5.91 Å². The minimum Gasteiger partial charge on any atom is -0.366 e. The van der Waals surface area contributed by atoms with E-state index in [1.807, 2.05) is 24.3 Å². The number of para-hydroxylation sites is 1. The number of anilines is 2. The van der Waals surface area contributed by atoms with Crippen LogP contribution in [0.15, 0.2) is 40.8 Å². The molecule has 2 heterocycles. The topological polar surface area (TPSA) is 48.5 Å². The van der Waals surface area contributed by atoms with Crippen molar-refractivity contribution in [1.29, 1.82) is 0 Å². The zero-order valence-corrected chi connectivity index (χ0v) is 16.7. The van der Waals surface area contributed by atoms with Crippen molar-refractivity contribution in [3.8, 4) is 0 Å². The maximum atomic E-state index is 12.4. The van der Waals surface area contributed by atoms with Crippen LogP contribution in [0.4, 0.5) is 11.4 Å². The Morgan fingerprint density at radius 1 is 1.40 bits per heavy atom. The van der Waals surface area contributed by atoms with Crippen LogP contribution >= 0.6 is 38.9 Å². The van der Waals surface area contributed by atoms with Gasteiger partial charge in [0.2, 0.25) is 0 Å². The minimum atomic E-state index is -0.232. The molecule has 3 rings (SSSR count). The van der Waals surface area contributed by atoms with Crippen molar-refractivity contribution in [2.24, 2.45) is 0 Å². The molecule has 0 unspecified atom stereocenters. The number of carbonyl (C=O) groups is 1. The van der Waals surface area contributed by atoms with E-state index in [0.717, 1.165) is 38.4 Å². The number of benzene rings is 1. The molecule has 1 fully saturated rings. The van der Waals surface area contributed by atoms with Crippen LogP contribution in [0.25, 0.3) is 0 Å². The highest BCUT2D eigenvalue weighted by atomic mass is 79.9. The first-order valence-corrected chi connectivity index (χ1v) is 9.92. The Labute approximate surface area is 164 Å². The van der Waals surface area contributed by atoms with E-state index < -0.39 is 0 Å². The molecule has 2 aromatic rings. The highest BCUT2D eigenvalue weighted by Gasteiger charge is 2.22. The average Bonchev–Trinajstić information content (AvgIpc) is 3.03. The van der Waals surface area contributed by atoms with Gasteiger partial charge in [0.15, 0.2) is 5.01 Å². The lowest BCUT2D eigenvalue weighted by atomic mass is 10.2. The molecule has 0 bridgehead atoms. The quantitative estimate of drug-likeness (QED) is 0.709. The monoisotopic (exact) mass is 440 g/mol. The van der Waals surface area contributed by atoms with Gasteiger partial charge in [-0.15, -0.1) is 17.9 Å². The summed E-state index contributed by atoms with van der Waals surface area (Å²) in [6.45, 7) is 8.25. The van der Waals surface area contributed by atoms with E-state index in [0.29, 0.717) is 20.3 Å². The molecule has 25 heavy (non-hydrogen) atoms. The number of piperazine rings is 1. The number of hydrogen-bond acceptors (Lipinski definition) is 5. The molecule has 1 amide bonds. The summed E-state index contributed by atoms with van der Waals surface area (Å²) < 4.78 is 0.660. The summed E-state index contributed by atoms with van der Waals surface area (Å²) in [4.78, 5) is 21.2. The minimum absolute atomic E-state index is 0.232. The SMILES string of the molecule is C=CCN1CCN(c2c(Cl)cccc2NC(=O)c2nc(Br)cs2)CC1. The second kappa shape index (κ2) is 8.31. The summed E-state index contributed by atoms with van der Waals surface area (Å²) in [6.07, 6.45) is 1.92. The molecule has 5 nitrogen and oxygen atoms in total. The first kappa shape index (κ1) is 18.4. The molecule has 1 aliphatic rings. The second-order valence-electron chi connectivity index (χ2n) is 5.64. The van der Waals surface area contributed by atoms with Crippen LogP contribution in [0.2, 0.25) is 5.02 Å². The number of hydrogen-bond donors (Lipinski definition) is 1. The van der Waals surface area contributed by atoms with E-state index in [4.69, 9.17) is 11.6 Å². The van der Waals surface area contributed by atoms with E-state index in [1.54, 1.807) is 5.38 Å². The molecular formula is C17H18BrClN4OS. The van der Waals surface area contributed by atoms with Gasteiger partial charge in [-0.05, 0) is 28.1 Å². The standard InChI is InChI=1S/C17H18BrClN4OS/c1-2-6-22-7-9-23(10-8-22)15-12(19)4-3-5-13(15)20-16(24)17-21-14(18)11-25-17/h2-5,11H,1,6-10H2,(H,20,24). The van der Waals surface area contributed by atoms with E-state index in [-0.39, 0.29) is 5.91 Å². The van der Waals surface area contributed by atoms with Gasteiger partial charge in [0.1, 0.15) is 4.60 Å². The molecule has 0 radical (unpaired) electrons. The van der Waals surface area contributed by atoms with Crippen LogP contribution in [0.5, 0.6) is 0 Å². The van der Waals surface area contributed by atoms with Crippen molar-refractivity contribution in [3.63, 3.8) is 0 Å². The fraction of sp³-hybridized carbons (Fsp3) is 0.294.